The van der Waals surface area contributed by atoms with Crippen LogP contribution >= 0.6 is 0 Å². The molecule has 130 valence electrons. The van der Waals surface area contributed by atoms with Gasteiger partial charge < -0.3 is 10.2 Å². The minimum absolute atomic E-state index is 0.131. The van der Waals surface area contributed by atoms with Crippen LogP contribution < -0.4 is 5.32 Å². The molecule has 0 radical (unpaired) electrons. The highest BCUT2D eigenvalue weighted by molar-refractivity contribution is 5.94. The van der Waals surface area contributed by atoms with Gasteiger partial charge in [0.05, 0.1) is 0 Å². The first-order chi connectivity index (χ1) is 11.7. The summed E-state index contributed by atoms with van der Waals surface area (Å²) in [6.45, 7) is 2.29. The van der Waals surface area contributed by atoms with E-state index in [2.05, 4.69) is 5.32 Å². The lowest BCUT2D eigenvalue weighted by atomic mass is 10.0. The Balaban J connectivity index is 1.47. The lowest BCUT2D eigenvalue weighted by Crippen LogP contribution is -2.35. The second-order valence-electron chi connectivity index (χ2n) is 7.18. The number of piperidine rings is 1. The van der Waals surface area contributed by atoms with Crippen molar-refractivity contribution in [2.75, 3.05) is 13.1 Å². The molecule has 4 nitrogen and oxygen atoms in total. The van der Waals surface area contributed by atoms with E-state index >= 15 is 0 Å². The van der Waals surface area contributed by atoms with Gasteiger partial charge in [0.1, 0.15) is 0 Å². The van der Waals surface area contributed by atoms with Crippen molar-refractivity contribution in [3.63, 3.8) is 0 Å². The molecule has 0 aromatic heterocycles. The van der Waals surface area contributed by atoms with E-state index in [9.17, 15) is 9.59 Å². The van der Waals surface area contributed by atoms with Gasteiger partial charge in [-0.1, -0.05) is 25.0 Å². The van der Waals surface area contributed by atoms with E-state index in [1.807, 2.05) is 29.2 Å². The number of hydrogen-bond acceptors (Lipinski definition) is 2. The maximum atomic E-state index is 12.4. The van der Waals surface area contributed by atoms with Crippen molar-refractivity contribution in [2.24, 2.45) is 5.92 Å². The predicted molar refractivity (Wildman–Crippen MR) is 94.6 cm³/mol. The highest BCUT2D eigenvalue weighted by Gasteiger charge is 2.19. The largest absolute Gasteiger partial charge is 0.352 e. The molecule has 2 aliphatic rings. The molecule has 0 bridgehead atoms. The Labute approximate surface area is 144 Å². The summed E-state index contributed by atoms with van der Waals surface area (Å²) in [5, 5.41) is 3.00. The second kappa shape index (κ2) is 8.32. The van der Waals surface area contributed by atoms with E-state index in [1.54, 1.807) is 0 Å². The third-order valence-electron chi connectivity index (χ3n) is 5.28. The van der Waals surface area contributed by atoms with Crippen LogP contribution in [0.1, 0.15) is 67.3 Å². The molecular formula is C20H28N2O2. The molecule has 0 atom stereocenters. The summed E-state index contributed by atoms with van der Waals surface area (Å²) >= 11 is 0. The fraction of sp³-hybridized carbons (Fsp3) is 0.600. The molecule has 1 aromatic rings. The van der Waals surface area contributed by atoms with E-state index in [4.69, 9.17) is 0 Å². The van der Waals surface area contributed by atoms with Crippen molar-refractivity contribution in [1.29, 1.82) is 0 Å². The Morgan fingerprint density at radius 3 is 2.29 bits per heavy atom. The molecule has 3 rings (SSSR count). The summed E-state index contributed by atoms with van der Waals surface area (Å²) in [5.74, 6) is 0.858. The summed E-state index contributed by atoms with van der Waals surface area (Å²) in [6.07, 6.45) is 9.03. The Morgan fingerprint density at radius 1 is 0.958 bits per heavy atom. The predicted octanol–water partition coefficient (Wildman–Crippen LogP) is 3.51. The molecule has 4 heteroatoms. The number of benzene rings is 1. The summed E-state index contributed by atoms with van der Waals surface area (Å²) in [7, 11) is 0. The number of carbonyl (C=O) groups is 2. The average Bonchev–Trinajstić information content (AvgIpc) is 3.13. The normalized spacial score (nSPS) is 18.6. The maximum Gasteiger partial charge on any atom is 0.253 e. The van der Waals surface area contributed by atoms with Crippen molar-refractivity contribution < 1.29 is 9.59 Å². The van der Waals surface area contributed by atoms with Gasteiger partial charge in [-0.3, -0.25) is 9.59 Å². The highest BCUT2D eigenvalue weighted by atomic mass is 16.2. The van der Waals surface area contributed by atoms with Gasteiger partial charge in [0, 0.05) is 31.6 Å². The zero-order chi connectivity index (χ0) is 16.8. The Hall–Kier alpha value is -1.84. The minimum Gasteiger partial charge on any atom is -0.352 e. The lowest BCUT2D eigenvalue weighted by molar-refractivity contribution is -0.122. The molecule has 0 spiro atoms. The number of nitrogens with zero attached hydrogens (tertiary/aromatic N) is 1. The van der Waals surface area contributed by atoms with E-state index in [1.165, 1.54) is 32.1 Å². The van der Waals surface area contributed by atoms with Gasteiger partial charge in [-0.25, -0.2) is 0 Å². The molecule has 1 N–H and O–H groups in total. The number of likely N-dealkylation sites (tertiary alicyclic amines) is 1. The third kappa shape index (κ3) is 4.59. The lowest BCUT2D eigenvalue weighted by Gasteiger charge is -2.26. The SMILES string of the molecule is O=C(CC1CCCC1)NCc1ccc(C(=O)N2CCCCC2)cc1. The van der Waals surface area contributed by atoms with Crippen LogP contribution in [0.3, 0.4) is 0 Å². The first-order valence-corrected chi connectivity index (χ1v) is 9.37. The minimum atomic E-state index is 0.131. The van der Waals surface area contributed by atoms with Crippen LogP contribution in [0.4, 0.5) is 0 Å². The first-order valence-electron chi connectivity index (χ1n) is 9.37. The smallest absolute Gasteiger partial charge is 0.253 e. The van der Waals surface area contributed by atoms with Crippen LogP contribution in [0, 0.1) is 5.92 Å². The molecule has 0 unspecified atom stereocenters. The van der Waals surface area contributed by atoms with Gasteiger partial charge in [-0.2, -0.15) is 0 Å². The average molecular weight is 328 g/mol. The number of carbonyl (C=O) groups excluding carboxylic acids is 2. The molecule has 24 heavy (non-hydrogen) atoms. The van der Waals surface area contributed by atoms with Gasteiger partial charge in [0.2, 0.25) is 5.91 Å². The van der Waals surface area contributed by atoms with Crippen LogP contribution in [-0.4, -0.2) is 29.8 Å². The van der Waals surface area contributed by atoms with Crippen LogP contribution in [0.15, 0.2) is 24.3 Å². The summed E-state index contributed by atoms with van der Waals surface area (Å²) in [5.41, 5.74) is 1.79. The Bertz CT molecular complexity index is 556. The topological polar surface area (TPSA) is 49.4 Å². The van der Waals surface area contributed by atoms with E-state index in [-0.39, 0.29) is 11.8 Å². The molecule has 1 heterocycles. The van der Waals surface area contributed by atoms with Crippen molar-refractivity contribution in [1.82, 2.24) is 10.2 Å². The molecule has 2 amide bonds. The summed E-state index contributed by atoms with van der Waals surface area (Å²) in [4.78, 5) is 26.4. The number of hydrogen-bond donors (Lipinski definition) is 1. The molecule has 1 saturated heterocycles. The third-order valence-corrected chi connectivity index (χ3v) is 5.28. The van der Waals surface area contributed by atoms with E-state index in [0.717, 1.165) is 37.1 Å². The van der Waals surface area contributed by atoms with Crippen LogP contribution in [0.2, 0.25) is 0 Å². The van der Waals surface area contributed by atoms with Gasteiger partial charge in [-0.15, -0.1) is 0 Å². The van der Waals surface area contributed by atoms with E-state index in [0.29, 0.717) is 18.9 Å². The van der Waals surface area contributed by atoms with Gasteiger partial charge in [-0.05, 0) is 55.7 Å². The molecule has 1 saturated carbocycles. The van der Waals surface area contributed by atoms with E-state index < -0.39 is 0 Å². The molecule has 2 fully saturated rings. The molecule has 1 aliphatic heterocycles. The monoisotopic (exact) mass is 328 g/mol. The fourth-order valence-corrected chi connectivity index (χ4v) is 3.79. The summed E-state index contributed by atoms with van der Waals surface area (Å²) in [6, 6.07) is 7.67. The second-order valence-corrected chi connectivity index (χ2v) is 7.18. The van der Waals surface area contributed by atoms with Crippen molar-refractivity contribution in [3.05, 3.63) is 35.4 Å². The maximum absolute atomic E-state index is 12.4. The Morgan fingerprint density at radius 2 is 1.62 bits per heavy atom. The zero-order valence-corrected chi connectivity index (χ0v) is 14.4. The fourth-order valence-electron chi connectivity index (χ4n) is 3.79. The van der Waals surface area contributed by atoms with Crippen LogP contribution in [0.5, 0.6) is 0 Å². The quantitative estimate of drug-likeness (QED) is 0.899. The number of amides is 2. The highest BCUT2D eigenvalue weighted by Crippen LogP contribution is 2.27. The molecule has 1 aliphatic carbocycles. The summed E-state index contributed by atoms with van der Waals surface area (Å²) < 4.78 is 0. The van der Waals surface area contributed by atoms with Gasteiger partial charge in [0.25, 0.3) is 5.91 Å². The molecule has 1 aromatic carbocycles. The van der Waals surface area contributed by atoms with Crippen molar-refractivity contribution in [2.45, 2.75) is 57.9 Å². The standard InChI is InChI=1S/C20H28N2O2/c23-19(14-16-6-2-3-7-16)21-15-17-8-10-18(11-9-17)20(24)22-12-4-1-5-13-22/h8-11,16H,1-7,12-15H2,(H,21,23). The first kappa shape index (κ1) is 17.0. The molecular weight excluding hydrogens is 300 g/mol. The van der Waals surface area contributed by atoms with Gasteiger partial charge in [0.15, 0.2) is 0 Å². The van der Waals surface area contributed by atoms with Crippen LogP contribution in [0.25, 0.3) is 0 Å². The number of nitrogens with one attached hydrogen (secondary N) is 1. The Kier molecular flexibility index (Phi) is 5.89. The van der Waals surface area contributed by atoms with Gasteiger partial charge >= 0.3 is 0 Å². The van der Waals surface area contributed by atoms with Crippen molar-refractivity contribution >= 4 is 11.8 Å². The van der Waals surface area contributed by atoms with Crippen molar-refractivity contribution in [3.8, 4) is 0 Å². The zero-order valence-electron chi connectivity index (χ0n) is 14.4. The van der Waals surface area contributed by atoms with Crippen LogP contribution in [-0.2, 0) is 11.3 Å². The number of rotatable bonds is 5.